The molecule has 0 aromatic heterocycles. The second-order valence-electron chi connectivity index (χ2n) is 9.34. The van der Waals surface area contributed by atoms with E-state index in [1.165, 1.54) is 23.8 Å². The summed E-state index contributed by atoms with van der Waals surface area (Å²) < 4.78 is 96.6. The Bertz CT molecular complexity index is 1720. The fourth-order valence-electron chi connectivity index (χ4n) is 4.62. The number of aryl methyl sites for hydroxylation is 1. The number of halogens is 7. The van der Waals surface area contributed by atoms with Crippen molar-refractivity contribution in [1.29, 1.82) is 0 Å². The molecule has 0 unspecified atom stereocenters. The van der Waals surface area contributed by atoms with E-state index in [0.717, 1.165) is 35.7 Å². The van der Waals surface area contributed by atoms with Gasteiger partial charge in [-0.15, -0.1) is 0 Å². The summed E-state index contributed by atoms with van der Waals surface area (Å²) in [5.74, 6) is -3.98. The van der Waals surface area contributed by atoms with Crippen LogP contribution >= 0.6 is 0 Å². The molecule has 7 heteroatoms. The number of hydrogen-bond acceptors (Lipinski definition) is 0. The van der Waals surface area contributed by atoms with Gasteiger partial charge in [-0.1, -0.05) is 67.6 Å². The molecule has 0 bridgehead atoms. The lowest BCUT2D eigenvalue weighted by Gasteiger charge is -2.12. The molecule has 0 atom stereocenters. The van der Waals surface area contributed by atoms with Crippen LogP contribution in [0.25, 0.3) is 50.2 Å². The molecule has 40 heavy (non-hydrogen) atoms. The molecule has 0 N–H and O–H groups in total. The van der Waals surface area contributed by atoms with Crippen LogP contribution in [0.3, 0.4) is 0 Å². The monoisotopic (exact) mass is 550 g/mol. The van der Waals surface area contributed by atoms with E-state index in [9.17, 15) is 22.0 Å². The van der Waals surface area contributed by atoms with Crippen LogP contribution in [0.4, 0.5) is 30.7 Å². The molecular formula is C33H21F7. The fraction of sp³-hybridized carbons (Fsp3) is 0.0909. The third kappa shape index (κ3) is 5.50. The molecular weight excluding hydrogens is 529 g/mol. The van der Waals surface area contributed by atoms with Gasteiger partial charge in [0.1, 0.15) is 23.3 Å². The molecule has 0 aliphatic heterocycles. The van der Waals surface area contributed by atoms with E-state index in [1.807, 2.05) is 36.4 Å². The van der Waals surface area contributed by atoms with E-state index in [2.05, 4.69) is 6.92 Å². The summed E-state index contributed by atoms with van der Waals surface area (Å²) in [4.78, 5) is 0. The van der Waals surface area contributed by atoms with E-state index in [4.69, 9.17) is 0 Å². The Morgan fingerprint density at radius 2 is 1.20 bits per heavy atom. The summed E-state index contributed by atoms with van der Waals surface area (Å²) in [7, 11) is 0. The van der Waals surface area contributed by atoms with Gasteiger partial charge in [-0.25, -0.2) is 17.6 Å². The van der Waals surface area contributed by atoms with E-state index < -0.39 is 35.0 Å². The highest BCUT2D eigenvalue weighted by Gasteiger charge is 2.23. The molecule has 0 fully saturated rings. The molecule has 5 aromatic carbocycles. The molecule has 5 aromatic rings. The normalized spacial score (nSPS) is 12.0. The lowest BCUT2D eigenvalue weighted by molar-refractivity contribution is -0.0790. The summed E-state index contributed by atoms with van der Waals surface area (Å²) in [5, 5.41) is 1.02. The maximum atomic E-state index is 15.5. The maximum Gasteiger partial charge on any atom is 0.409 e. The highest BCUT2D eigenvalue weighted by Crippen LogP contribution is 2.35. The Morgan fingerprint density at radius 1 is 0.600 bits per heavy atom. The SMILES string of the molecule is CCc1ccc(-c2ccc3c(F)c(-c4ccc(-c5cc(F)c(C=CC(F)(F)F)c(F)c5)c(F)c4)ccc3c2)cc1. The van der Waals surface area contributed by atoms with Crippen molar-refractivity contribution in [3.8, 4) is 33.4 Å². The third-order valence-electron chi connectivity index (χ3n) is 6.76. The van der Waals surface area contributed by atoms with Gasteiger partial charge in [-0.05, 0) is 70.0 Å². The molecule has 0 aliphatic rings. The standard InChI is InChI=1S/C33H21F7/c1-2-19-3-5-20(6-4-19)21-7-11-26-22(15-21)9-12-27(32(26)37)23-8-10-25(29(34)16-23)24-17-30(35)28(31(36)18-24)13-14-33(38,39)40/h3-18H,2H2,1H3. The maximum absolute atomic E-state index is 15.5. The lowest BCUT2D eigenvalue weighted by atomic mass is 9.95. The van der Waals surface area contributed by atoms with Crippen LogP contribution in [0.5, 0.6) is 0 Å². The molecule has 0 heterocycles. The average molecular weight is 551 g/mol. The highest BCUT2D eigenvalue weighted by molar-refractivity contribution is 5.91. The van der Waals surface area contributed by atoms with Gasteiger partial charge in [0, 0.05) is 28.2 Å². The first-order chi connectivity index (χ1) is 19.0. The molecule has 0 aliphatic carbocycles. The fourth-order valence-corrected chi connectivity index (χ4v) is 4.62. The summed E-state index contributed by atoms with van der Waals surface area (Å²) in [6, 6.07) is 22.0. The van der Waals surface area contributed by atoms with Crippen molar-refractivity contribution in [3.05, 3.63) is 125 Å². The minimum absolute atomic E-state index is 0.142. The molecule has 0 saturated carbocycles. The predicted molar refractivity (Wildman–Crippen MR) is 145 cm³/mol. The second kappa shape index (κ2) is 10.6. The van der Waals surface area contributed by atoms with Crippen LogP contribution in [0, 0.1) is 23.3 Å². The Labute approximate surface area is 226 Å². The summed E-state index contributed by atoms with van der Waals surface area (Å²) >= 11 is 0. The van der Waals surface area contributed by atoms with E-state index in [-0.39, 0.29) is 34.4 Å². The van der Waals surface area contributed by atoms with Crippen LogP contribution in [0.1, 0.15) is 18.1 Å². The van der Waals surface area contributed by atoms with Crippen molar-refractivity contribution in [1.82, 2.24) is 0 Å². The number of benzene rings is 5. The van der Waals surface area contributed by atoms with Gasteiger partial charge in [0.15, 0.2) is 0 Å². The smallest absolute Gasteiger partial charge is 0.206 e. The highest BCUT2D eigenvalue weighted by atomic mass is 19.4. The van der Waals surface area contributed by atoms with Crippen molar-refractivity contribution in [2.45, 2.75) is 19.5 Å². The van der Waals surface area contributed by atoms with Crippen LogP contribution < -0.4 is 0 Å². The first kappa shape index (κ1) is 27.2. The first-order valence-corrected chi connectivity index (χ1v) is 12.4. The summed E-state index contributed by atoms with van der Waals surface area (Å²) in [6.07, 6.45) is -3.83. The van der Waals surface area contributed by atoms with Crippen LogP contribution in [0.2, 0.25) is 0 Å². The third-order valence-corrected chi connectivity index (χ3v) is 6.76. The van der Waals surface area contributed by atoms with Crippen molar-refractivity contribution in [2.24, 2.45) is 0 Å². The quantitative estimate of drug-likeness (QED) is 0.191. The number of alkyl halides is 3. The Kier molecular flexibility index (Phi) is 7.23. The topological polar surface area (TPSA) is 0 Å². The number of rotatable bonds is 5. The zero-order chi connectivity index (χ0) is 28.6. The van der Waals surface area contributed by atoms with Gasteiger partial charge >= 0.3 is 6.18 Å². The van der Waals surface area contributed by atoms with Crippen LogP contribution in [0.15, 0.2) is 91.0 Å². The van der Waals surface area contributed by atoms with Crippen LogP contribution in [-0.2, 0) is 6.42 Å². The van der Waals surface area contributed by atoms with Crippen molar-refractivity contribution < 1.29 is 30.7 Å². The van der Waals surface area contributed by atoms with Crippen molar-refractivity contribution in [2.75, 3.05) is 0 Å². The van der Waals surface area contributed by atoms with Crippen molar-refractivity contribution >= 4 is 16.8 Å². The van der Waals surface area contributed by atoms with E-state index in [1.54, 1.807) is 12.1 Å². The second-order valence-corrected chi connectivity index (χ2v) is 9.34. The van der Waals surface area contributed by atoms with Gasteiger partial charge in [0.25, 0.3) is 0 Å². The number of fused-ring (bicyclic) bond motifs is 1. The van der Waals surface area contributed by atoms with Gasteiger partial charge in [0.2, 0.25) is 0 Å². The Morgan fingerprint density at radius 3 is 1.82 bits per heavy atom. The molecule has 0 nitrogen and oxygen atoms in total. The predicted octanol–water partition coefficient (Wildman–Crippen LogP) is 10.5. The Hall–Kier alpha value is -4.39. The van der Waals surface area contributed by atoms with E-state index >= 15 is 8.78 Å². The molecule has 0 spiro atoms. The minimum Gasteiger partial charge on any atom is -0.206 e. The minimum atomic E-state index is -4.75. The zero-order valence-electron chi connectivity index (χ0n) is 21.1. The summed E-state index contributed by atoms with van der Waals surface area (Å²) in [5.41, 5.74) is 2.21. The number of hydrogen-bond donors (Lipinski definition) is 0. The van der Waals surface area contributed by atoms with Gasteiger partial charge < -0.3 is 0 Å². The largest absolute Gasteiger partial charge is 0.409 e. The molecule has 0 saturated heterocycles. The van der Waals surface area contributed by atoms with Crippen LogP contribution in [-0.4, -0.2) is 6.18 Å². The molecule has 202 valence electrons. The lowest BCUT2D eigenvalue weighted by Crippen LogP contribution is -2.01. The van der Waals surface area contributed by atoms with Gasteiger partial charge in [-0.2, -0.15) is 13.2 Å². The van der Waals surface area contributed by atoms with Gasteiger partial charge in [0.05, 0.1) is 0 Å². The average Bonchev–Trinajstić information content (AvgIpc) is 2.92. The first-order valence-electron chi connectivity index (χ1n) is 12.4. The summed E-state index contributed by atoms with van der Waals surface area (Å²) in [6.45, 7) is 2.07. The number of allylic oxidation sites excluding steroid dienone is 1. The van der Waals surface area contributed by atoms with Gasteiger partial charge in [-0.3, -0.25) is 0 Å². The molecule has 0 amide bonds. The van der Waals surface area contributed by atoms with E-state index in [0.29, 0.717) is 10.8 Å². The zero-order valence-corrected chi connectivity index (χ0v) is 21.1. The molecule has 5 rings (SSSR count). The Balaban J connectivity index is 1.47. The molecule has 0 radical (unpaired) electrons. The van der Waals surface area contributed by atoms with Crippen molar-refractivity contribution in [3.63, 3.8) is 0 Å².